The van der Waals surface area contributed by atoms with Crippen LogP contribution >= 0.6 is 0 Å². The van der Waals surface area contributed by atoms with E-state index in [1.165, 1.54) is 7.11 Å². The van der Waals surface area contributed by atoms with Crippen LogP contribution in [0.2, 0.25) is 0 Å². The van der Waals surface area contributed by atoms with E-state index in [0.29, 0.717) is 6.61 Å². The molecule has 0 N–H and O–H groups in total. The summed E-state index contributed by atoms with van der Waals surface area (Å²) >= 11 is 0. The number of ether oxygens (including phenoxy) is 2. The predicted octanol–water partition coefficient (Wildman–Crippen LogP) is 1.84. The molecule has 2 aliphatic heterocycles. The fourth-order valence-corrected chi connectivity index (χ4v) is 3.90. The van der Waals surface area contributed by atoms with Crippen molar-refractivity contribution in [2.24, 2.45) is 0 Å². The standard InChI is InChI=1S/C19H26N2O4/c1-15(22)20-10-8-19(9-11-20)12-17(13-25-19)21(18(23)14-24-2)16-6-4-3-5-7-16/h3-7,17H,8-14H2,1-2H3. The summed E-state index contributed by atoms with van der Waals surface area (Å²) in [5.41, 5.74) is 0.646. The van der Waals surface area contributed by atoms with Crippen molar-refractivity contribution in [1.82, 2.24) is 4.90 Å². The maximum Gasteiger partial charge on any atom is 0.253 e. The first kappa shape index (κ1) is 17.9. The molecule has 6 nitrogen and oxygen atoms in total. The monoisotopic (exact) mass is 346 g/mol. The van der Waals surface area contributed by atoms with Gasteiger partial charge in [0.05, 0.1) is 18.2 Å². The molecule has 1 aromatic rings. The highest BCUT2D eigenvalue weighted by atomic mass is 16.5. The second-order valence-electron chi connectivity index (χ2n) is 6.89. The Kier molecular flexibility index (Phi) is 5.39. The van der Waals surface area contributed by atoms with Crippen LogP contribution in [0, 0.1) is 0 Å². The van der Waals surface area contributed by atoms with Crippen molar-refractivity contribution in [2.45, 2.75) is 37.8 Å². The third kappa shape index (κ3) is 3.85. The molecule has 1 atom stereocenters. The summed E-state index contributed by atoms with van der Waals surface area (Å²) in [5, 5.41) is 0. The Morgan fingerprint density at radius 3 is 2.56 bits per heavy atom. The molecule has 1 aromatic carbocycles. The van der Waals surface area contributed by atoms with Crippen LogP contribution in [0.3, 0.4) is 0 Å². The lowest BCUT2D eigenvalue weighted by Gasteiger charge is -2.38. The molecule has 2 amide bonds. The number of hydrogen-bond donors (Lipinski definition) is 0. The summed E-state index contributed by atoms with van der Waals surface area (Å²) in [6, 6.07) is 9.67. The molecular weight excluding hydrogens is 320 g/mol. The highest BCUT2D eigenvalue weighted by Gasteiger charge is 2.45. The Balaban J connectivity index is 1.73. The average molecular weight is 346 g/mol. The molecule has 0 bridgehead atoms. The normalized spacial score (nSPS) is 22.2. The number of carbonyl (C=O) groups is 2. The molecular formula is C19H26N2O4. The van der Waals surface area contributed by atoms with E-state index in [9.17, 15) is 9.59 Å². The van der Waals surface area contributed by atoms with Gasteiger partial charge < -0.3 is 19.3 Å². The number of nitrogens with zero attached hydrogens (tertiary/aromatic N) is 2. The highest BCUT2D eigenvalue weighted by molar-refractivity contribution is 5.95. The lowest BCUT2D eigenvalue weighted by Crippen LogP contribution is -2.47. The number of amides is 2. The maximum atomic E-state index is 12.6. The molecule has 1 spiro atoms. The van der Waals surface area contributed by atoms with Crippen molar-refractivity contribution < 1.29 is 19.1 Å². The van der Waals surface area contributed by atoms with E-state index in [-0.39, 0.29) is 30.1 Å². The maximum absolute atomic E-state index is 12.6. The number of hydrogen-bond acceptors (Lipinski definition) is 4. The fourth-order valence-electron chi connectivity index (χ4n) is 3.90. The van der Waals surface area contributed by atoms with Gasteiger partial charge in [0.25, 0.3) is 5.91 Å². The van der Waals surface area contributed by atoms with Crippen LogP contribution < -0.4 is 4.90 Å². The highest BCUT2D eigenvalue weighted by Crippen LogP contribution is 2.38. The molecule has 2 fully saturated rings. The van der Waals surface area contributed by atoms with Gasteiger partial charge in [-0.15, -0.1) is 0 Å². The minimum absolute atomic E-state index is 0.00562. The largest absolute Gasteiger partial charge is 0.375 e. The minimum atomic E-state index is -0.225. The minimum Gasteiger partial charge on any atom is -0.375 e. The van der Waals surface area contributed by atoms with Gasteiger partial charge in [-0.1, -0.05) is 18.2 Å². The van der Waals surface area contributed by atoms with Crippen molar-refractivity contribution in [1.29, 1.82) is 0 Å². The Morgan fingerprint density at radius 1 is 1.28 bits per heavy atom. The van der Waals surface area contributed by atoms with E-state index in [4.69, 9.17) is 9.47 Å². The van der Waals surface area contributed by atoms with Crippen molar-refractivity contribution in [3.05, 3.63) is 30.3 Å². The number of anilines is 1. The van der Waals surface area contributed by atoms with Crippen LogP contribution in [-0.4, -0.2) is 61.8 Å². The number of methoxy groups -OCH3 is 1. The molecule has 0 aliphatic carbocycles. The van der Waals surface area contributed by atoms with Crippen LogP contribution in [0.1, 0.15) is 26.2 Å². The summed E-state index contributed by atoms with van der Waals surface area (Å²) in [6.45, 7) is 3.62. The van der Waals surface area contributed by atoms with E-state index in [1.807, 2.05) is 40.1 Å². The first-order chi connectivity index (χ1) is 12.0. The first-order valence-electron chi connectivity index (χ1n) is 8.80. The molecule has 25 heavy (non-hydrogen) atoms. The Bertz CT molecular complexity index is 611. The van der Waals surface area contributed by atoms with E-state index >= 15 is 0 Å². The van der Waals surface area contributed by atoms with Crippen molar-refractivity contribution in [2.75, 3.05) is 38.3 Å². The summed E-state index contributed by atoms with van der Waals surface area (Å²) in [5.74, 6) is 0.0612. The lowest BCUT2D eigenvalue weighted by molar-refractivity contribution is -0.133. The molecule has 136 valence electrons. The first-order valence-corrected chi connectivity index (χ1v) is 8.80. The lowest BCUT2D eigenvalue weighted by atomic mass is 9.87. The zero-order valence-electron chi connectivity index (χ0n) is 14.9. The number of para-hydroxylation sites is 1. The number of likely N-dealkylation sites (tertiary alicyclic amines) is 1. The molecule has 0 radical (unpaired) electrons. The van der Waals surface area contributed by atoms with Gasteiger partial charge in [-0.05, 0) is 31.4 Å². The molecule has 2 heterocycles. The van der Waals surface area contributed by atoms with Gasteiger partial charge in [-0.25, -0.2) is 0 Å². The van der Waals surface area contributed by atoms with Crippen LogP contribution in [-0.2, 0) is 19.1 Å². The van der Waals surface area contributed by atoms with E-state index < -0.39 is 0 Å². The summed E-state index contributed by atoms with van der Waals surface area (Å²) < 4.78 is 11.2. The van der Waals surface area contributed by atoms with Gasteiger partial charge in [0.1, 0.15) is 6.61 Å². The zero-order chi connectivity index (χ0) is 17.9. The third-order valence-electron chi connectivity index (χ3n) is 5.25. The molecule has 0 saturated carbocycles. The van der Waals surface area contributed by atoms with Gasteiger partial charge >= 0.3 is 0 Å². The quantitative estimate of drug-likeness (QED) is 0.835. The van der Waals surface area contributed by atoms with Gasteiger partial charge in [0.15, 0.2) is 0 Å². The zero-order valence-corrected chi connectivity index (χ0v) is 14.9. The Labute approximate surface area is 148 Å². The van der Waals surface area contributed by atoms with E-state index in [0.717, 1.165) is 38.0 Å². The van der Waals surface area contributed by atoms with Gasteiger partial charge in [0.2, 0.25) is 5.91 Å². The van der Waals surface area contributed by atoms with Gasteiger partial charge in [-0.3, -0.25) is 9.59 Å². The van der Waals surface area contributed by atoms with Gasteiger partial charge in [-0.2, -0.15) is 0 Å². The molecule has 2 aliphatic rings. The topological polar surface area (TPSA) is 59.1 Å². The second-order valence-corrected chi connectivity index (χ2v) is 6.89. The van der Waals surface area contributed by atoms with Crippen LogP contribution in [0.4, 0.5) is 5.69 Å². The Morgan fingerprint density at radius 2 is 1.96 bits per heavy atom. The molecule has 2 saturated heterocycles. The summed E-state index contributed by atoms with van der Waals surface area (Å²) in [6.07, 6.45) is 2.44. The number of piperidine rings is 1. The summed E-state index contributed by atoms with van der Waals surface area (Å²) in [4.78, 5) is 27.9. The number of benzene rings is 1. The van der Waals surface area contributed by atoms with Crippen molar-refractivity contribution in [3.63, 3.8) is 0 Å². The van der Waals surface area contributed by atoms with Crippen molar-refractivity contribution >= 4 is 17.5 Å². The van der Waals surface area contributed by atoms with E-state index in [1.54, 1.807) is 6.92 Å². The predicted molar refractivity (Wildman–Crippen MR) is 94.4 cm³/mol. The van der Waals surface area contributed by atoms with Crippen LogP contribution in [0.5, 0.6) is 0 Å². The number of carbonyl (C=O) groups excluding carboxylic acids is 2. The fraction of sp³-hybridized carbons (Fsp3) is 0.579. The van der Waals surface area contributed by atoms with Crippen molar-refractivity contribution in [3.8, 4) is 0 Å². The average Bonchev–Trinajstić information content (AvgIpc) is 3.00. The summed E-state index contributed by atoms with van der Waals surface area (Å²) in [7, 11) is 1.53. The molecule has 1 unspecified atom stereocenters. The van der Waals surface area contributed by atoms with Crippen LogP contribution in [0.15, 0.2) is 30.3 Å². The van der Waals surface area contributed by atoms with Crippen LogP contribution in [0.25, 0.3) is 0 Å². The van der Waals surface area contributed by atoms with Gasteiger partial charge in [0, 0.05) is 32.8 Å². The third-order valence-corrected chi connectivity index (χ3v) is 5.25. The SMILES string of the molecule is COCC(=O)N(c1ccccc1)C1COC2(CCN(C(C)=O)CC2)C1. The Hall–Kier alpha value is -1.92. The molecule has 6 heteroatoms. The smallest absolute Gasteiger partial charge is 0.253 e. The second kappa shape index (κ2) is 7.54. The molecule has 0 aromatic heterocycles. The van der Waals surface area contributed by atoms with E-state index in [2.05, 4.69) is 0 Å². The molecule has 3 rings (SSSR count). The number of rotatable bonds is 4.